The molecule has 1 saturated heterocycles. The summed E-state index contributed by atoms with van der Waals surface area (Å²) in [5.41, 5.74) is 2.29. The van der Waals surface area contributed by atoms with Crippen molar-refractivity contribution in [2.45, 2.75) is 18.8 Å². The molecule has 1 aliphatic rings. The van der Waals surface area contributed by atoms with E-state index in [0.717, 1.165) is 11.1 Å². The van der Waals surface area contributed by atoms with Gasteiger partial charge in [0.2, 0.25) is 0 Å². The number of morpholine rings is 1. The van der Waals surface area contributed by atoms with Gasteiger partial charge in [-0.05, 0) is 29.8 Å². The highest BCUT2D eigenvalue weighted by atomic mass is 19.4. The fourth-order valence-electron chi connectivity index (χ4n) is 3.83. The number of hydrogen-bond acceptors (Lipinski definition) is 7. The molecule has 3 heterocycles. The van der Waals surface area contributed by atoms with Crippen LogP contribution in [-0.4, -0.2) is 75.5 Å². The van der Waals surface area contributed by atoms with Crippen LogP contribution in [0.25, 0.3) is 11.3 Å². The van der Waals surface area contributed by atoms with Gasteiger partial charge < -0.3 is 29.3 Å². The van der Waals surface area contributed by atoms with Gasteiger partial charge in [0.1, 0.15) is 24.3 Å². The molecule has 222 valence electrons. The van der Waals surface area contributed by atoms with E-state index in [9.17, 15) is 22.4 Å². The van der Waals surface area contributed by atoms with Crippen LogP contribution in [0, 0.1) is 5.82 Å². The molecule has 1 aliphatic heterocycles. The second-order valence-electron chi connectivity index (χ2n) is 8.91. The third-order valence-corrected chi connectivity index (χ3v) is 5.83. The predicted octanol–water partition coefficient (Wildman–Crippen LogP) is 4.67. The minimum atomic E-state index is -5.08. The number of hydrogen-bond donors (Lipinski definition) is 2. The van der Waals surface area contributed by atoms with Gasteiger partial charge in [0.15, 0.2) is 5.76 Å². The summed E-state index contributed by atoms with van der Waals surface area (Å²) in [6, 6.07) is 15.3. The number of carbonyl (C=O) groups excluding carboxylic acids is 1. The molecule has 2 N–H and O–H groups in total. The van der Waals surface area contributed by atoms with Crippen molar-refractivity contribution in [1.29, 1.82) is 0 Å². The number of nitrogens with one attached hydrogen (secondary N) is 1. The SMILES string of the molecule is O=C(Nc1cnn(Cc2ccc(F)cc2)c1)N1CCOC(COc2ccccc2-c2ccno2)C1.O=C(O)C(F)(F)F. The Balaban J connectivity index is 0.000000517. The number of para-hydroxylation sites is 1. The van der Waals surface area contributed by atoms with Crippen LogP contribution in [0.15, 0.2) is 77.7 Å². The van der Waals surface area contributed by atoms with Crippen LogP contribution in [0.1, 0.15) is 5.56 Å². The van der Waals surface area contributed by atoms with E-state index in [2.05, 4.69) is 15.6 Å². The molecule has 0 bridgehead atoms. The summed E-state index contributed by atoms with van der Waals surface area (Å²) in [5, 5.41) is 18.0. The molecule has 2 aromatic carbocycles. The van der Waals surface area contributed by atoms with Crippen molar-refractivity contribution in [2.24, 2.45) is 0 Å². The standard InChI is InChI=1S/C25H24FN5O4.C2HF3O2/c26-19-7-5-18(6-8-19)14-31-15-20(13-27-31)29-25(32)30-11-12-33-21(16-30)17-34-23-4-2-1-3-22(23)24-9-10-28-35-24;3-2(4,5)1(6)7/h1-10,13,15,21H,11-12,14,16-17H2,(H,29,32);(H,6,7). The number of aliphatic carboxylic acids is 1. The number of benzene rings is 2. The molecule has 0 aliphatic carbocycles. The number of alkyl halides is 3. The Morgan fingerprint density at radius 1 is 1.12 bits per heavy atom. The molecule has 5 rings (SSSR count). The van der Waals surface area contributed by atoms with Gasteiger partial charge >= 0.3 is 18.2 Å². The Hall–Kier alpha value is -4.92. The summed E-state index contributed by atoms with van der Waals surface area (Å²) >= 11 is 0. The summed E-state index contributed by atoms with van der Waals surface area (Å²) in [5.74, 6) is -1.77. The lowest BCUT2D eigenvalue weighted by Gasteiger charge is -2.32. The van der Waals surface area contributed by atoms with Gasteiger partial charge in [-0.3, -0.25) is 4.68 Å². The van der Waals surface area contributed by atoms with E-state index in [0.29, 0.717) is 43.4 Å². The van der Waals surface area contributed by atoms with Crippen LogP contribution in [0.5, 0.6) is 5.75 Å². The van der Waals surface area contributed by atoms with Crippen LogP contribution in [0.4, 0.5) is 28.0 Å². The third-order valence-electron chi connectivity index (χ3n) is 5.83. The zero-order valence-corrected chi connectivity index (χ0v) is 21.8. The molecule has 0 spiro atoms. The average molecular weight is 592 g/mol. The molecule has 1 atom stereocenters. The van der Waals surface area contributed by atoms with Crippen LogP contribution in [0.3, 0.4) is 0 Å². The Bertz CT molecular complexity index is 1460. The summed E-state index contributed by atoms with van der Waals surface area (Å²) in [6.45, 7) is 2.03. The maximum atomic E-state index is 13.1. The molecule has 2 amide bonds. The van der Waals surface area contributed by atoms with Crippen molar-refractivity contribution >= 4 is 17.7 Å². The first-order chi connectivity index (χ1) is 20.1. The van der Waals surface area contributed by atoms with E-state index < -0.39 is 12.1 Å². The van der Waals surface area contributed by atoms with Crippen molar-refractivity contribution in [2.75, 3.05) is 31.6 Å². The average Bonchev–Trinajstić information content (AvgIpc) is 3.66. The van der Waals surface area contributed by atoms with Crippen molar-refractivity contribution < 1.29 is 46.3 Å². The zero-order chi connectivity index (χ0) is 30.1. The smallest absolute Gasteiger partial charge is 0.490 e. The normalized spacial score (nSPS) is 15.0. The summed E-state index contributed by atoms with van der Waals surface area (Å²) in [6.07, 6.45) is -0.455. The highest BCUT2D eigenvalue weighted by molar-refractivity contribution is 5.89. The predicted molar refractivity (Wildman–Crippen MR) is 139 cm³/mol. The van der Waals surface area contributed by atoms with Gasteiger partial charge in [-0.25, -0.2) is 14.0 Å². The molecule has 0 saturated carbocycles. The van der Waals surface area contributed by atoms with Gasteiger partial charge in [-0.15, -0.1) is 0 Å². The zero-order valence-electron chi connectivity index (χ0n) is 21.8. The van der Waals surface area contributed by atoms with Gasteiger partial charge in [-0.2, -0.15) is 18.3 Å². The van der Waals surface area contributed by atoms with E-state index in [1.807, 2.05) is 24.3 Å². The van der Waals surface area contributed by atoms with Crippen molar-refractivity contribution in [3.63, 3.8) is 0 Å². The number of urea groups is 1. The number of carboxylic acid groups (broad SMARTS) is 1. The van der Waals surface area contributed by atoms with Gasteiger partial charge in [-0.1, -0.05) is 29.4 Å². The number of rotatable bonds is 7. The summed E-state index contributed by atoms with van der Waals surface area (Å²) < 4.78 is 63.6. The largest absolute Gasteiger partial charge is 0.490 e. The Kier molecular flexibility index (Phi) is 9.75. The maximum Gasteiger partial charge on any atom is 0.490 e. The lowest BCUT2D eigenvalue weighted by molar-refractivity contribution is -0.192. The number of ether oxygens (including phenoxy) is 2. The van der Waals surface area contributed by atoms with Gasteiger partial charge in [0.25, 0.3) is 0 Å². The fourth-order valence-corrected chi connectivity index (χ4v) is 3.83. The minimum absolute atomic E-state index is 0.235. The van der Waals surface area contributed by atoms with E-state index >= 15 is 0 Å². The molecule has 42 heavy (non-hydrogen) atoms. The lowest BCUT2D eigenvalue weighted by atomic mass is 10.1. The molecular weight excluding hydrogens is 566 g/mol. The lowest BCUT2D eigenvalue weighted by Crippen LogP contribution is -2.49. The molecule has 2 aromatic heterocycles. The van der Waals surface area contributed by atoms with E-state index in [4.69, 9.17) is 23.9 Å². The number of anilines is 1. The second kappa shape index (κ2) is 13.6. The van der Waals surface area contributed by atoms with Crippen LogP contribution in [0.2, 0.25) is 0 Å². The minimum Gasteiger partial charge on any atom is -0.490 e. The van der Waals surface area contributed by atoms with Crippen LogP contribution in [-0.2, 0) is 16.1 Å². The number of amides is 2. The molecule has 4 aromatic rings. The fraction of sp³-hybridized carbons (Fsp3) is 0.259. The Labute approximate surface area is 236 Å². The van der Waals surface area contributed by atoms with E-state index in [1.54, 1.807) is 46.4 Å². The van der Waals surface area contributed by atoms with Gasteiger partial charge in [0.05, 0.1) is 43.3 Å². The first-order valence-corrected chi connectivity index (χ1v) is 12.5. The van der Waals surface area contributed by atoms with E-state index in [1.165, 1.54) is 12.1 Å². The Morgan fingerprint density at radius 3 is 2.55 bits per heavy atom. The summed E-state index contributed by atoms with van der Waals surface area (Å²) in [4.78, 5) is 23.4. The molecule has 1 unspecified atom stereocenters. The molecular formula is C27H25F4N5O6. The van der Waals surface area contributed by atoms with Crippen LogP contribution >= 0.6 is 0 Å². The highest BCUT2D eigenvalue weighted by Crippen LogP contribution is 2.29. The monoisotopic (exact) mass is 591 g/mol. The number of nitrogens with zero attached hydrogens (tertiary/aromatic N) is 4. The maximum absolute atomic E-state index is 13.1. The van der Waals surface area contributed by atoms with Crippen LogP contribution < -0.4 is 10.1 Å². The number of carbonyl (C=O) groups is 2. The van der Waals surface area contributed by atoms with E-state index in [-0.39, 0.29) is 24.6 Å². The number of carboxylic acids is 1. The topological polar surface area (TPSA) is 132 Å². The highest BCUT2D eigenvalue weighted by Gasteiger charge is 2.38. The molecule has 0 radical (unpaired) electrons. The quantitative estimate of drug-likeness (QED) is 0.297. The second-order valence-corrected chi connectivity index (χ2v) is 8.91. The third kappa shape index (κ3) is 8.54. The Morgan fingerprint density at radius 2 is 1.86 bits per heavy atom. The van der Waals surface area contributed by atoms with Gasteiger partial charge in [0, 0.05) is 18.8 Å². The molecule has 15 heteroatoms. The van der Waals surface area contributed by atoms with Crippen molar-refractivity contribution in [3.8, 4) is 17.1 Å². The number of halogens is 4. The number of aromatic nitrogens is 3. The first kappa shape index (κ1) is 30.0. The van der Waals surface area contributed by atoms with Crippen molar-refractivity contribution in [3.05, 3.63) is 84.6 Å². The molecule has 11 nitrogen and oxygen atoms in total. The molecule has 1 fully saturated rings. The summed E-state index contributed by atoms with van der Waals surface area (Å²) in [7, 11) is 0. The van der Waals surface area contributed by atoms with Crippen molar-refractivity contribution in [1.82, 2.24) is 19.8 Å². The first-order valence-electron chi connectivity index (χ1n) is 12.5.